The third-order valence-electron chi connectivity index (χ3n) is 1.98. The average molecular weight is 288 g/mol. The predicted molar refractivity (Wildman–Crippen MR) is 60.0 cm³/mol. The van der Waals surface area contributed by atoms with Gasteiger partial charge < -0.3 is 5.73 Å². The first-order chi connectivity index (χ1) is 7.18. The molecule has 0 spiro atoms. The van der Waals surface area contributed by atoms with E-state index in [9.17, 15) is 4.39 Å². The maximum atomic E-state index is 13.5. The van der Waals surface area contributed by atoms with Crippen LogP contribution in [0.15, 0.2) is 28.9 Å². The molecule has 1 aromatic carbocycles. The fourth-order valence-corrected chi connectivity index (χ4v) is 2.12. The van der Waals surface area contributed by atoms with Gasteiger partial charge in [0.05, 0.1) is 17.1 Å². The van der Waals surface area contributed by atoms with Crippen LogP contribution in [-0.2, 0) is 0 Å². The molecule has 1 unspecified atom stereocenters. The van der Waals surface area contributed by atoms with Crippen molar-refractivity contribution in [1.29, 1.82) is 0 Å². The van der Waals surface area contributed by atoms with Gasteiger partial charge in [-0.25, -0.2) is 4.39 Å². The van der Waals surface area contributed by atoms with Crippen molar-refractivity contribution in [3.8, 4) is 0 Å². The smallest absolute Gasteiger partial charge is 0.128 e. The highest BCUT2D eigenvalue weighted by molar-refractivity contribution is 9.10. The highest BCUT2D eigenvalue weighted by Gasteiger charge is 2.15. The maximum absolute atomic E-state index is 13.5. The van der Waals surface area contributed by atoms with Crippen molar-refractivity contribution in [3.05, 3.63) is 45.1 Å². The number of hydrogen-bond acceptors (Lipinski definition) is 4. The fraction of sp³-hybridized carbons (Fsp3) is 0.111. The van der Waals surface area contributed by atoms with Crippen LogP contribution in [0.25, 0.3) is 0 Å². The van der Waals surface area contributed by atoms with E-state index < -0.39 is 6.04 Å². The molecule has 3 nitrogen and oxygen atoms in total. The molecule has 0 bridgehead atoms. The molecule has 0 aliphatic carbocycles. The van der Waals surface area contributed by atoms with E-state index in [0.717, 1.165) is 9.35 Å². The fourth-order valence-electron chi connectivity index (χ4n) is 1.22. The summed E-state index contributed by atoms with van der Waals surface area (Å²) in [5.41, 5.74) is 6.34. The Labute approximate surface area is 98.4 Å². The summed E-state index contributed by atoms with van der Waals surface area (Å²) in [7, 11) is 0. The van der Waals surface area contributed by atoms with Crippen LogP contribution in [0, 0.1) is 5.82 Å². The maximum Gasteiger partial charge on any atom is 0.128 e. The molecule has 0 aliphatic heterocycles. The van der Waals surface area contributed by atoms with Gasteiger partial charge in [0.2, 0.25) is 0 Å². The highest BCUT2D eigenvalue weighted by atomic mass is 79.9. The van der Waals surface area contributed by atoms with E-state index in [1.807, 2.05) is 0 Å². The number of nitrogens with two attached hydrogens (primary N) is 1. The summed E-state index contributed by atoms with van der Waals surface area (Å²) in [6, 6.07) is 4.17. The van der Waals surface area contributed by atoms with Gasteiger partial charge in [-0.05, 0) is 29.7 Å². The van der Waals surface area contributed by atoms with Crippen LogP contribution in [0.1, 0.15) is 16.5 Å². The summed E-state index contributed by atoms with van der Waals surface area (Å²) in [5, 5.41) is 3.68. The Kier molecular flexibility index (Phi) is 3.08. The van der Waals surface area contributed by atoms with E-state index in [-0.39, 0.29) is 5.82 Å². The van der Waals surface area contributed by atoms with Gasteiger partial charge in [0.1, 0.15) is 5.82 Å². The number of benzene rings is 1. The van der Waals surface area contributed by atoms with Crippen molar-refractivity contribution in [3.63, 3.8) is 0 Å². The Hall–Kier alpha value is -0.850. The second kappa shape index (κ2) is 4.34. The van der Waals surface area contributed by atoms with Crippen LogP contribution in [0.2, 0.25) is 0 Å². The van der Waals surface area contributed by atoms with Crippen molar-refractivity contribution >= 4 is 27.5 Å². The van der Waals surface area contributed by atoms with E-state index in [1.165, 1.54) is 17.6 Å². The topological polar surface area (TPSA) is 51.8 Å². The first-order valence-corrected chi connectivity index (χ1v) is 5.73. The Morgan fingerprint density at radius 1 is 1.47 bits per heavy atom. The molecule has 6 heteroatoms. The molecule has 1 atom stereocenters. The molecule has 0 amide bonds. The van der Waals surface area contributed by atoms with Crippen LogP contribution < -0.4 is 5.73 Å². The minimum Gasteiger partial charge on any atom is -0.319 e. The van der Waals surface area contributed by atoms with E-state index in [1.54, 1.807) is 18.3 Å². The number of hydrogen-bond donors (Lipinski definition) is 1. The molecule has 0 aliphatic rings. The van der Waals surface area contributed by atoms with Crippen molar-refractivity contribution in [1.82, 2.24) is 9.59 Å². The Morgan fingerprint density at radius 2 is 2.27 bits per heavy atom. The SMILES string of the molecule is NC(c1cnns1)c1cc(Br)ccc1F. The largest absolute Gasteiger partial charge is 0.319 e. The molecule has 2 aromatic rings. The minimum absolute atomic E-state index is 0.320. The standard InChI is InChI=1S/C9H7BrFN3S/c10-5-1-2-7(11)6(3-5)9(12)8-4-13-14-15-8/h1-4,9H,12H2. The highest BCUT2D eigenvalue weighted by Crippen LogP contribution is 2.26. The predicted octanol–water partition coefficient (Wildman–Crippen LogP) is 2.49. The van der Waals surface area contributed by atoms with Gasteiger partial charge in [0.15, 0.2) is 0 Å². The molecule has 2 N–H and O–H groups in total. The summed E-state index contributed by atoms with van der Waals surface area (Å²) in [5.74, 6) is -0.320. The molecular weight excluding hydrogens is 281 g/mol. The number of aromatic nitrogens is 2. The van der Waals surface area contributed by atoms with E-state index in [0.29, 0.717) is 5.56 Å². The lowest BCUT2D eigenvalue weighted by molar-refractivity contribution is 0.600. The third-order valence-corrected chi connectivity index (χ3v) is 3.22. The lowest BCUT2D eigenvalue weighted by Crippen LogP contribution is -2.12. The Bertz CT molecular complexity index is 460. The lowest BCUT2D eigenvalue weighted by Gasteiger charge is -2.10. The van der Waals surface area contributed by atoms with Crippen molar-refractivity contribution in [2.24, 2.45) is 5.73 Å². The molecule has 1 heterocycles. The lowest BCUT2D eigenvalue weighted by atomic mass is 10.1. The quantitative estimate of drug-likeness (QED) is 0.923. The second-order valence-electron chi connectivity index (χ2n) is 2.96. The molecule has 0 fully saturated rings. The van der Waals surface area contributed by atoms with E-state index >= 15 is 0 Å². The molecular formula is C9H7BrFN3S. The minimum atomic E-state index is -0.512. The van der Waals surface area contributed by atoms with Crippen molar-refractivity contribution in [2.75, 3.05) is 0 Å². The first-order valence-electron chi connectivity index (χ1n) is 4.16. The number of rotatable bonds is 2. The monoisotopic (exact) mass is 287 g/mol. The zero-order valence-electron chi connectivity index (χ0n) is 7.52. The van der Waals surface area contributed by atoms with E-state index in [2.05, 4.69) is 25.5 Å². The van der Waals surface area contributed by atoms with Gasteiger partial charge in [-0.3, -0.25) is 0 Å². The zero-order chi connectivity index (χ0) is 10.8. The average Bonchev–Trinajstić information content (AvgIpc) is 2.74. The van der Waals surface area contributed by atoms with Gasteiger partial charge in [0, 0.05) is 10.0 Å². The van der Waals surface area contributed by atoms with Crippen molar-refractivity contribution < 1.29 is 4.39 Å². The van der Waals surface area contributed by atoms with Crippen LogP contribution in [-0.4, -0.2) is 9.59 Å². The summed E-state index contributed by atoms with van der Waals surface area (Å²) in [4.78, 5) is 0.743. The summed E-state index contributed by atoms with van der Waals surface area (Å²) >= 11 is 4.45. The Balaban J connectivity index is 2.41. The second-order valence-corrected chi connectivity index (χ2v) is 4.70. The van der Waals surface area contributed by atoms with E-state index in [4.69, 9.17) is 5.73 Å². The van der Waals surface area contributed by atoms with Crippen LogP contribution in [0.5, 0.6) is 0 Å². The number of halogens is 2. The van der Waals surface area contributed by atoms with Gasteiger partial charge in [-0.15, -0.1) is 5.10 Å². The molecule has 1 aromatic heterocycles. The van der Waals surface area contributed by atoms with Gasteiger partial charge in [0.25, 0.3) is 0 Å². The van der Waals surface area contributed by atoms with Crippen molar-refractivity contribution in [2.45, 2.75) is 6.04 Å². The Morgan fingerprint density at radius 3 is 2.93 bits per heavy atom. The molecule has 0 radical (unpaired) electrons. The molecule has 0 saturated heterocycles. The van der Waals surface area contributed by atoms with Crippen LogP contribution >= 0.6 is 27.5 Å². The number of nitrogens with zero attached hydrogens (tertiary/aromatic N) is 2. The summed E-state index contributed by atoms with van der Waals surface area (Å²) in [6.45, 7) is 0. The van der Waals surface area contributed by atoms with Gasteiger partial charge >= 0.3 is 0 Å². The van der Waals surface area contributed by atoms with Gasteiger partial charge in [-0.2, -0.15) is 0 Å². The zero-order valence-corrected chi connectivity index (χ0v) is 9.93. The van der Waals surface area contributed by atoms with Crippen LogP contribution in [0.4, 0.5) is 4.39 Å². The normalized spacial score (nSPS) is 12.7. The summed E-state index contributed by atoms with van der Waals surface area (Å²) in [6.07, 6.45) is 1.55. The first kappa shape index (κ1) is 10.7. The third kappa shape index (κ3) is 2.22. The van der Waals surface area contributed by atoms with Crippen LogP contribution in [0.3, 0.4) is 0 Å². The van der Waals surface area contributed by atoms with Gasteiger partial charge in [-0.1, -0.05) is 20.4 Å². The molecule has 15 heavy (non-hydrogen) atoms. The molecule has 78 valence electrons. The molecule has 2 rings (SSSR count). The summed E-state index contributed by atoms with van der Waals surface area (Å²) < 4.78 is 18.0. The molecule has 0 saturated carbocycles.